The maximum Gasteiger partial charge on any atom is 0.00448 e. The fourth-order valence-electron chi connectivity index (χ4n) is 2.16. The second-order valence-corrected chi connectivity index (χ2v) is 4.22. The molecule has 13 heavy (non-hydrogen) atoms. The van der Waals surface area contributed by atoms with Crippen LogP contribution in [0.2, 0.25) is 0 Å². The molecule has 1 aliphatic rings. The molecule has 1 aromatic rings. The number of benzene rings is 1. The Labute approximate surface area is 80.0 Å². The van der Waals surface area contributed by atoms with Crippen LogP contribution in [0.1, 0.15) is 30.4 Å². The summed E-state index contributed by atoms with van der Waals surface area (Å²) in [5.74, 6) is 1.46. The van der Waals surface area contributed by atoms with Gasteiger partial charge < -0.3 is 5.73 Å². The quantitative estimate of drug-likeness (QED) is 0.734. The molecule has 0 bridgehead atoms. The molecule has 0 aliphatic heterocycles. The number of hydrogen-bond donors (Lipinski definition) is 1. The van der Waals surface area contributed by atoms with Gasteiger partial charge in [0.1, 0.15) is 0 Å². The SMILES string of the molecule is Cc1ccccc1[C@H]1C[C@@H]1[C@@H](C)N. The van der Waals surface area contributed by atoms with Crippen molar-refractivity contribution in [3.05, 3.63) is 35.4 Å². The summed E-state index contributed by atoms with van der Waals surface area (Å²) in [6.07, 6.45) is 1.28. The van der Waals surface area contributed by atoms with Gasteiger partial charge in [0.05, 0.1) is 0 Å². The second kappa shape index (κ2) is 3.15. The third-order valence-corrected chi connectivity index (χ3v) is 3.10. The summed E-state index contributed by atoms with van der Waals surface area (Å²) in [4.78, 5) is 0. The van der Waals surface area contributed by atoms with E-state index in [-0.39, 0.29) is 0 Å². The molecule has 0 unspecified atom stereocenters. The monoisotopic (exact) mass is 175 g/mol. The van der Waals surface area contributed by atoms with Gasteiger partial charge in [0, 0.05) is 6.04 Å². The molecule has 2 N–H and O–H groups in total. The van der Waals surface area contributed by atoms with Crippen molar-refractivity contribution >= 4 is 0 Å². The van der Waals surface area contributed by atoms with Crippen molar-refractivity contribution in [2.45, 2.75) is 32.2 Å². The Bertz CT molecular complexity index is 304. The topological polar surface area (TPSA) is 26.0 Å². The van der Waals surface area contributed by atoms with E-state index in [2.05, 4.69) is 38.1 Å². The molecule has 0 saturated heterocycles. The molecular formula is C12H17N. The molecule has 0 spiro atoms. The Morgan fingerprint density at radius 2 is 2.08 bits per heavy atom. The molecule has 1 aliphatic carbocycles. The fraction of sp³-hybridized carbons (Fsp3) is 0.500. The zero-order valence-corrected chi connectivity index (χ0v) is 8.33. The molecular weight excluding hydrogens is 158 g/mol. The van der Waals surface area contributed by atoms with Gasteiger partial charge in [-0.05, 0) is 43.2 Å². The summed E-state index contributed by atoms with van der Waals surface area (Å²) in [6.45, 7) is 4.30. The first-order valence-electron chi connectivity index (χ1n) is 5.01. The number of rotatable bonds is 2. The lowest BCUT2D eigenvalue weighted by atomic mass is 10.0. The minimum Gasteiger partial charge on any atom is -0.328 e. The third-order valence-electron chi connectivity index (χ3n) is 3.10. The Morgan fingerprint density at radius 3 is 2.62 bits per heavy atom. The molecule has 1 saturated carbocycles. The van der Waals surface area contributed by atoms with Crippen LogP contribution in [0.5, 0.6) is 0 Å². The normalized spacial score (nSPS) is 28.5. The zero-order chi connectivity index (χ0) is 9.42. The van der Waals surface area contributed by atoms with Gasteiger partial charge in [-0.2, -0.15) is 0 Å². The molecule has 2 rings (SSSR count). The van der Waals surface area contributed by atoms with Crippen molar-refractivity contribution in [1.82, 2.24) is 0 Å². The van der Waals surface area contributed by atoms with Crippen LogP contribution >= 0.6 is 0 Å². The zero-order valence-electron chi connectivity index (χ0n) is 8.33. The molecule has 3 atom stereocenters. The van der Waals surface area contributed by atoms with Gasteiger partial charge in [-0.15, -0.1) is 0 Å². The van der Waals surface area contributed by atoms with E-state index >= 15 is 0 Å². The van der Waals surface area contributed by atoms with Crippen LogP contribution in [-0.2, 0) is 0 Å². The number of nitrogens with two attached hydrogens (primary N) is 1. The predicted molar refractivity (Wildman–Crippen MR) is 55.7 cm³/mol. The molecule has 0 radical (unpaired) electrons. The summed E-state index contributed by atoms with van der Waals surface area (Å²) in [7, 11) is 0. The highest BCUT2D eigenvalue weighted by Gasteiger charge is 2.41. The van der Waals surface area contributed by atoms with E-state index in [0.29, 0.717) is 6.04 Å². The molecule has 0 aromatic heterocycles. The summed E-state index contributed by atoms with van der Waals surface area (Å²) in [5, 5.41) is 0. The van der Waals surface area contributed by atoms with E-state index in [9.17, 15) is 0 Å². The number of hydrogen-bond acceptors (Lipinski definition) is 1. The lowest BCUT2D eigenvalue weighted by molar-refractivity contribution is 0.631. The standard InChI is InChI=1S/C12H17N/c1-8-5-3-4-6-10(8)12-7-11(12)9(2)13/h3-6,9,11-12H,7,13H2,1-2H3/t9-,11-,12-/m1/s1. The van der Waals surface area contributed by atoms with Crippen LogP contribution in [0.4, 0.5) is 0 Å². The molecule has 1 heteroatoms. The van der Waals surface area contributed by atoms with Gasteiger partial charge >= 0.3 is 0 Å². The van der Waals surface area contributed by atoms with Crippen molar-refractivity contribution < 1.29 is 0 Å². The first-order valence-corrected chi connectivity index (χ1v) is 5.01. The van der Waals surface area contributed by atoms with Crippen molar-refractivity contribution in [2.75, 3.05) is 0 Å². The van der Waals surface area contributed by atoms with E-state index in [1.165, 1.54) is 17.5 Å². The summed E-state index contributed by atoms with van der Waals surface area (Å²) in [6, 6.07) is 9.00. The molecule has 0 heterocycles. The summed E-state index contributed by atoms with van der Waals surface area (Å²) >= 11 is 0. The van der Waals surface area contributed by atoms with E-state index in [0.717, 1.165) is 11.8 Å². The van der Waals surface area contributed by atoms with Gasteiger partial charge in [0.25, 0.3) is 0 Å². The molecule has 0 amide bonds. The largest absolute Gasteiger partial charge is 0.328 e. The van der Waals surface area contributed by atoms with Gasteiger partial charge in [0.15, 0.2) is 0 Å². The smallest absolute Gasteiger partial charge is 0.00448 e. The van der Waals surface area contributed by atoms with E-state index in [1.807, 2.05) is 0 Å². The highest BCUT2D eigenvalue weighted by atomic mass is 14.7. The average Bonchev–Trinajstić information content (AvgIpc) is 2.84. The van der Waals surface area contributed by atoms with Crippen LogP contribution in [0.15, 0.2) is 24.3 Å². The Balaban J connectivity index is 2.16. The van der Waals surface area contributed by atoms with Gasteiger partial charge in [-0.1, -0.05) is 24.3 Å². The Hall–Kier alpha value is -0.820. The predicted octanol–water partition coefficient (Wildman–Crippen LogP) is 2.45. The van der Waals surface area contributed by atoms with Crippen LogP contribution in [0, 0.1) is 12.8 Å². The van der Waals surface area contributed by atoms with Gasteiger partial charge in [-0.3, -0.25) is 0 Å². The molecule has 1 aromatic carbocycles. The average molecular weight is 175 g/mol. The summed E-state index contributed by atoms with van der Waals surface area (Å²) in [5.41, 5.74) is 8.79. The lowest BCUT2D eigenvalue weighted by Crippen LogP contribution is -2.18. The van der Waals surface area contributed by atoms with Crippen LogP contribution < -0.4 is 5.73 Å². The third kappa shape index (κ3) is 1.61. The van der Waals surface area contributed by atoms with Crippen LogP contribution in [-0.4, -0.2) is 6.04 Å². The Morgan fingerprint density at radius 1 is 1.38 bits per heavy atom. The highest BCUT2D eigenvalue weighted by molar-refractivity contribution is 5.33. The van der Waals surface area contributed by atoms with E-state index in [4.69, 9.17) is 5.73 Å². The first-order chi connectivity index (χ1) is 6.20. The maximum absolute atomic E-state index is 5.88. The molecule has 70 valence electrons. The van der Waals surface area contributed by atoms with Crippen molar-refractivity contribution in [3.8, 4) is 0 Å². The highest BCUT2D eigenvalue weighted by Crippen LogP contribution is 2.49. The van der Waals surface area contributed by atoms with Crippen molar-refractivity contribution in [1.29, 1.82) is 0 Å². The first kappa shape index (κ1) is 8.76. The van der Waals surface area contributed by atoms with Crippen LogP contribution in [0.25, 0.3) is 0 Å². The van der Waals surface area contributed by atoms with E-state index in [1.54, 1.807) is 0 Å². The van der Waals surface area contributed by atoms with Crippen LogP contribution in [0.3, 0.4) is 0 Å². The Kier molecular flexibility index (Phi) is 2.12. The maximum atomic E-state index is 5.88. The minimum absolute atomic E-state index is 0.351. The number of aryl methyl sites for hydroxylation is 1. The second-order valence-electron chi connectivity index (χ2n) is 4.22. The lowest BCUT2D eigenvalue weighted by Gasteiger charge is -2.06. The van der Waals surface area contributed by atoms with Gasteiger partial charge in [-0.25, -0.2) is 0 Å². The molecule has 1 nitrogen and oxygen atoms in total. The van der Waals surface area contributed by atoms with Crippen molar-refractivity contribution in [3.63, 3.8) is 0 Å². The van der Waals surface area contributed by atoms with E-state index < -0.39 is 0 Å². The summed E-state index contributed by atoms with van der Waals surface area (Å²) < 4.78 is 0. The van der Waals surface area contributed by atoms with Gasteiger partial charge in [0.2, 0.25) is 0 Å². The minimum atomic E-state index is 0.351. The molecule has 1 fully saturated rings. The van der Waals surface area contributed by atoms with Crippen molar-refractivity contribution in [2.24, 2.45) is 11.7 Å². The fourth-order valence-corrected chi connectivity index (χ4v) is 2.16.